The molecular weight excluding hydrogens is 354 g/mol. The van der Waals surface area contributed by atoms with Gasteiger partial charge < -0.3 is 14.5 Å². The van der Waals surface area contributed by atoms with Crippen molar-refractivity contribution >= 4 is 5.91 Å². The molecule has 1 amide bonds. The van der Waals surface area contributed by atoms with E-state index in [9.17, 15) is 4.79 Å². The van der Waals surface area contributed by atoms with Crippen molar-refractivity contribution in [2.24, 2.45) is 0 Å². The Balaban J connectivity index is 1.79. The first-order chi connectivity index (χ1) is 13.7. The lowest BCUT2D eigenvalue weighted by Crippen LogP contribution is -2.24. The molecule has 6 heteroatoms. The van der Waals surface area contributed by atoms with Crippen LogP contribution in [0.25, 0.3) is 0 Å². The van der Waals surface area contributed by atoms with Gasteiger partial charge in [-0.25, -0.2) is 4.98 Å². The van der Waals surface area contributed by atoms with Crippen LogP contribution in [-0.4, -0.2) is 29.4 Å². The van der Waals surface area contributed by atoms with Crippen LogP contribution < -0.4 is 10.1 Å². The predicted octanol–water partition coefficient (Wildman–Crippen LogP) is 3.64. The maximum Gasteiger partial charge on any atom is 0.273 e. The summed E-state index contributed by atoms with van der Waals surface area (Å²) < 4.78 is 11.0. The largest absolute Gasteiger partial charge is 0.496 e. The molecule has 0 fully saturated rings. The number of aromatic nitrogens is 1. The smallest absolute Gasteiger partial charge is 0.273 e. The van der Waals surface area contributed by atoms with E-state index in [-0.39, 0.29) is 5.91 Å². The summed E-state index contributed by atoms with van der Waals surface area (Å²) in [6.45, 7) is 4.28. The zero-order valence-corrected chi connectivity index (χ0v) is 16.2. The maximum absolute atomic E-state index is 11.9. The van der Waals surface area contributed by atoms with Gasteiger partial charge in [-0.05, 0) is 18.6 Å². The van der Waals surface area contributed by atoms with E-state index in [1.165, 1.54) is 11.8 Å². The number of nitrogens with one attached hydrogen (secondary N) is 1. The molecule has 0 bridgehead atoms. The number of carbonyl (C=O) groups is 1. The van der Waals surface area contributed by atoms with Crippen molar-refractivity contribution < 1.29 is 13.9 Å². The van der Waals surface area contributed by atoms with Crippen molar-refractivity contribution in [3.63, 3.8) is 0 Å². The Morgan fingerprint density at radius 1 is 1.07 bits per heavy atom. The van der Waals surface area contributed by atoms with Crippen molar-refractivity contribution in [3.8, 4) is 5.75 Å². The van der Waals surface area contributed by atoms with E-state index in [2.05, 4.69) is 27.3 Å². The van der Waals surface area contributed by atoms with E-state index in [1.54, 1.807) is 7.11 Å². The van der Waals surface area contributed by atoms with Crippen molar-refractivity contribution in [2.75, 3.05) is 13.7 Å². The Bertz CT molecular complexity index is 893. The number of carbonyl (C=O) groups excluding carboxylic acids is 1. The number of oxazole rings is 1. The van der Waals surface area contributed by atoms with Crippen LogP contribution in [0.1, 0.15) is 34.4 Å². The van der Waals surface area contributed by atoms with E-state index < -0.39 is 0 Å². The molecule has 0 unspecified atom stereocenters. The molecule has 2 aromatic carbocycles. The molecule has 0 saturated carbocycles. The molecule has 3 rings (SSSR count). The van der Waals surface area contributed by atoms with Crippen molar-refractivity contribution in [1.82, 2.24) is 15.2 Å². The average molecular weight is 379 g/mol. The van der Waals surface area contributed by atoms with Crippen molar-refractivity contribution in [3.05, 3.63) is 83.6 Å². The molecule has 0 aliphatic carbocycles. The van der Waals surface area contributed by atoms with Crippen LogP contribution in [0.2, 0.25) is 0 Å². The van der Waals surface area contributed by atoms with Crippen LogP contribution in [-0.2, 0) is 19.6 Å². The zero-order chi connectivity index (χ0) is 19.8. The van der Waals surface area contributed by atoms with Gasteiger partial charge in [0.05, 0.1) is 13.7 Å². The Morgan fingerprint density at radius 2 is 1.82 bits per heavy atom. The molecule has 1 N–H and O–H groups in total. The zero-order valence-electron chi connectivity index (χ0n) is 16.2. The standard InChI is InChI=1S/C22H25N3O3/c1-3-23-22(26)19-16-28-21(24-19)15-25(13-17-9-5-4-6-10-17)14-18-11-7-8-12-20(18)27-2/h4-12,16H,3,13-15H2,1-2H3,(H,23,26). The minimum atomic E-state index is -0.225. The van der Waals surface area contributed by atoms with Crippen molar-refractivity contribution in [1.29, 1.82) is 0 Å². The fourth-order valence-electron chi connectivity index (χ4n) is 3.01. The van der Waals surface area contributed by atoms with Crippen LogP contribution in [0.4, 0.5) is 0 Å². The topological polar surface area (TPSA) is 67.6 Å². The van der Waals surface area contributed by atoms with Crippen LogP contribution >= 0.6 is 0 Å². The molecule has 146 valence electrons. The molecule has 28 heavy (non-hydrogen) atoms. The number of hydrogen-bond donors (Lipinski definition) is 1. The van der Waals surface area contributed by atoms with E-state index >= 15 is 0 Å². The molecule has 0 atom stereocenters. The quantitative estimate of drug-likeness (QED) is 0.615. The molecule has 6 nitrogen and oxygen atoms in total. The average Bonchev–Trinajstić information content (AvgIpc) is 3.18. The molecule has 0 radical (unpaired) electrons. The molecule has 0 spiro atoms. The molecular formula is C22H25N3O3. The van der Waals surface area contributed by atoms with Gasteiger partial charge in [-0.3, -0.25) is 9.69 Å². The van der Waals surface area contributed by atoms with E-state index in [1.807, 2.05) is 49.4 Å². The fraction of sp³-hybridized carbons (Fsp3) is 0.273. The fourth-order valence-corrected chi connectivity index (χ4v) is 3.01. The second-order valence-electron chi connectivity index (χ2n) is 6.43. The van der Waals surface area contributed by atoms with Gasteiger partial charge >= 0.3 is 0 Å². The number of ether oxygens (including phenoxy) is 1. The first-order valence-corrected chi connectivity index (χ1v) is 9.30. The van der Waals surface area contributed by atoms with Gasteiger partial charge in [0, 0.05) is 25.2 Å². The van der Waals surface area contributed by atoms with E-state index in [0.29, 0.717) is 31.2 Å². The summed E-state index contributed by atoms with van der Waals surface area (Å²) in [5.41, 5.74) is 2.57. The lowest BCUT2D eigenvalue weighted by atomic mass is 10.1. The Hall–Kier alpha value is -3.12. The second kappa shape index (κ2) is 9.71. The highest BCUT2D eigenvalue weighted by Crippen LogP contribution is 2.21. The first-order valence-electron chi connectivity index (χ1n) is 9.30. The summed E-state index contributed by atoms with van der Waals surface area (Å²) in [7, 11) is 1.67. The van der Waals surface area contributed by atoms with Crippen LogP contribution in [0, 0.1) is 0 Å². The molecule has 0 aliphatic heterocycles. The second-order valence-corrected chi connectivity index (χ2v) is 6.43. The Kier molecular flexibility index (Phi) is 6.81. The molecule has 3 aromatic rings. The first kappa shape index (κ1) is 19.6. The van der Waals surface area contributed by atoms with Gasteiger partial charge in [0.25, 0.3) is 5.91 Å². The third-order valence-electron chi connectivity index (χ3n) is 4.32. The molecule has 1 aromatic heterocycles. The van der Waals surface area contributed by atoms with Crippen molar-refractivity contribution in [2.45, 2.75) is 26.6 Å². The van der Waals surface area contributed by atoms with E-state index in [0.717, 1.165) is 17.9 Å². The van der Waals surface area contributed by atoms with Gasteiger partial charge in [-0.15, -0.1) is 0 Å². The summed E-state index contributed by atoms with van der Waals surface area (Å²) in [4.78, 5) is 18.5. The number of rotatable bonds is 9. The predicted molar refractivity (Wildman–Crippen MR) is 107 cm³/mol. The summed E-state index contributed by atoms with van der Waals surface area (Å²) >= 11 is 0. The minimum Gasteiger partial charge on any atom is -0.496 e. The van der Waals surface area contributed by atoms with E-state index in [4.69, 9.17) is 9.15 Å². The third-order valence-corrected chi connectivity index (χ3v) is 4.32. The minimum absolute atomic E-state index is 0.225. The highest BCUT2D eigenvalue weighted by atomic mass is 16.5. The highest BCUT2D eigenvalue weighted by molar-refractivity contribution is 5.91. The van der Waals surface area contributed by atoms with Gasteiger partial charge in [0.2, 0.25) is 5.89 Å². The number of para-hydroxylation sites is 1. The highest BCUT2D eigenvalue weighted by Gasteiger charge is 2.16. The number of hydrogen-bond acceptors (Lipinski definition) is 5. The summed E-state index contributed by atoms with van der Waals surface area (Å²) in [5, 5.41) is 2.73. The molecule has 0 saturated heterocycles. The number of amides is 1. The van der Waals surface area contributed by atoms with Crippen LogP contribution in [0.3, 0.4) is 0 Å². The molecule has 1 heterocycles. The Morgan fingerprint density at radius 3 is 2.57 bits per heavy atom. The number of benzene rings is 2. The third kappa shape index (κ3) is 5.20. The lowest BCUT2D eigenvalue weighted by Gasteiger charge is -2.22. The summed E-state index contributed by atoms with van der Waals surface area (Å²) in [5.74, 6) is 1.12. The SMILES string of the molecule is CCNC(=O)c1coc(CN(Cc2ccccc2)Cc2ccccc2OC)n1. The number of nitrogens with zero attached hydrogens (tertiary/aromatic N) is 2. The van der Waals surface area contributed by atoms with Crippen LogP contribution in [0.15, 0.2) is 65.3 Å². The van der Waals surface area contributed by atoms with Gasteiger partial charge in [0.1, 0.15) is 12.0 Å². The van der Waals surface area contributed by atoms with Gasteiger partial charge in [-0.1, -0.05) is 48.5 Å². The van der Waals surface area contributed by atoms with Gasteiger partial charge in [0.15, 0.2) is 5.69 Å². The number of methoxy groups -OCH3 is 1. The lowest BCUT2D eigenvalue weighted by molar-refractivity contribution is 0.0950. The Labute approximate surface area is 165 Å². The van der Waals surface area contributed by atoms with Crippen LogP contribution in [0.5, 0.6) is 5.75 Å². The normalized spacial score (nSPS) is 10.8. The molecule has 0 aliphatic rings. The monoisotopic (exact) mass is 379 g/mol. The maximum atomic E-state index is 11.9. The summed E-state index contributed by atoms with van der Waals surface area (Å²) in [6.07, 6.45) is 1.41. The summed E-state index contributed by atoms with van der Waals surface area (Å²) in [6, 6.07) is 18.2. The van der Waals surface area contributed by atoms with Gasteiger partial charge in [-0.2, -0.15) is 0 Å².